The van der Waals surface area contributed by atoms with Crippen molar-refractivity contribution in [3.05, 3.63) is 60.4 Å². The SMILES string of the molecule is O=S(=O)(O)c1ccccc1.OCc1cccnc1. The van der Waals surface area contributed by atoms with Crippen molar-refractivity contribution in [3.8, 4) is 0 Å². The molecule has 2 N–H and O–H groups in total. The number of pyridine rings is 1. The summed E-state index contributed by atoms with van der Waals surface area (Å²) in [5.74, 6) is 0. The molecule has 0 saturated carbocycles. The number of hydrogen-bond acceptors (Lipinski definition) is 4. The summed E-state index contributed by atoms with van der Waals surface area (Å²) in [7, 11) is -4.00. The van der Waals surface area contributed by atoms with Crippen molar-refractivity contribution in [2.45, 2.75) is 11.5 Å². The molecule has 0 fully saturated rings. The van der Waals surface area contributed by atoms with Gasteiger partial charge in [-0.15, -0.1) is 0 Å². The second-order valence-electron chi connectivity index (χ2n) is 3.31. The summed E-state index contributed by atoms with van der Waals surface area (Å²) >= 11 is 0. The van der Waals surface area contributed by atoms with Crippen LogP contribution in [0.2, 0.25) is 0 Å². The first-order chi connectivity index (χ1) is 8.54. The van der Waals surface area contributed by atoms with Gasteiger partial charge < -0.3 is 5.11 Å². The van der Waals surface area contributed by atoms with Gasteiger partial charge in [0.25, 0.3) is 10.1 Å². The molecule has 18 heavy (non-hydrogen) atoms. The molecule has 0 atom stereocenters. The lowest BCUT2D eigenvalue weighted by Gasteiger charge is -1.92. The lowest BCUT2D eigenvalue weighted by atomic mass is 10.3. The Hall–Kier alpha value is -1.76. The van der Waals surface area contributed by atoms with E-state index in [1.54, 1.807) is 36.7 Å². The summed E-state index contributed by atoms with van der Waals surface area (Å²) in [6, 6.07) is 11.0. The fourth-order valence-electron chi connectivity index (χ4n) is 1.08. The van der Waals surface area contributed by atoms with Gasteiger partial charge in [-0.05, 0) is 23.8 Å². The number of nitrogens with zero attached hydrogens (tertiary/aromatic N) is 1. The Balaban J connectivity index is 0.000000184. The predicted octanol–water partition coefficient (Wildman–Crippen LogP) is 1.51. The minimum absolute atomic E-state index is 0.0741. The lowest BCUT2D eigenvalue weighted by Crippen LogP contribution is -1.96. The number of aliphatic hydroxyl groups excluding tert-OH is 1. The molecule has 0 bridgehead atoms. The van der Waals surface area contributed by atoms with Crippen LogP contribution >= 0.6 is 0 Å². The molecule has 2 aromatic rings. The summed E-state index contributed by atoms with van der Waals surface area (Å²) < 4.78 is 29.2. The van der Waals surface area contributed by atoms with E-state index in [0.29, 0.717) is 0 Å². The van der Waals surface area contributed by atoms with Gasteiger partial charge in [-0.25, -0.2) is 0 Å². The third kappa shape index (κ3) is 5.05. The van der Waals surface area contributed by atoms with Crippen LogP contribution in [0.4, 0.5) is 0 Å². The number of rotatable bonds is 2. The van der Waals surface area contributed by atoms with Crippen molar-refractivity contribution in [1.29, 1.82) is 0 Å². The Morgan fingerprint density at radius 3 is 2.06 bits per heavy atom. The van der Waals surface area contributed by atoms with Crippen LogP contribution in [0, 0.1) is 0 Å². The highest BCUT2D eigenvalue weighted by atomic mass is 32.2. The maximum absolute atomic E-state index is 10.4. The lowest BCUT2D eigenvalue weighted by molar-refractivity contribution is 0.281. The van der Waals surface area contributed by atoms with Crippen molar-refractivity contribution in [1.82, 2.24) is 4.98 Å². The molecule has 1 heterocycles. The molecule has 0 saturated heterocycles. The van der Waals surface area contributed by atoms with Gasteiger partial charge in [0.15, 0.2) is 0 Å². The molecule has 1 aromatic heterocycles. The maximum Gasteiger partial charge on any atom is 0.294 e. The number of aliphatic hydroxyl groups is 1. The molecule has 0 unspecified atom stereocenters. The Morgan fingerprint density at radius 2 is 1.72 bits per heavy atom. The van der Waals surface area contributed by atoms with E-state index in [1.165, 1.54) is 12.1 Å². The first kappa shape index (κ1) is 14.3. The topological polar surface area (TPSA) is 87.5 Å². The first-order valence-corrected chi connectivity index (χ1v) is 6.50. The molecule has 0 aliphatic rings. The van der Waals surface area contributed by atoms with Crippen LogP contribution in [0.1, 0.15) is 5.56 Å². The van der Waals surface area contributed by atoms with E-state index in [-0.39, 0.29) is 11.5 Å². The van der Waals surface area contributed by atoms with E-state index < -0.39 is 10.1 Å². The summed E-state index contributed by atoms with van der Waals surface area (Å²) in [4.78, 5) is 3.72. The van der Waals surface area contributed by atoms with Crippen LogP contribution in [0.15, 0.2) is 59.8 Å². The second kappa shape index (κ2) is 6.85. The number of benzene rings is 1. The Bertz CT molecular complexity index is 555. The fourth-order valence-corrected chi connectivity index (χ4v) is 1.59. The van der Waals surface area contributed by atoms with Crippen molar-refractivity contribution in [2.75, 3.05) is 0 Å². The van der Waals surface area contributed by atoms with E-state index >= 15 is 0 Å². The van der Waals surface area contributed by atoms with Gasteiger partial charge in [0.1, 0.15) is 0 Å². The van der Waals surface area contributed by atoms with E-state index in [9.17, 15) is 8.42 Å². The molecular weight excluding hydrogens is 254 g/mol. The number of aromatic nitrogens is 1. The van der Waals surface area contributed by atoms with Crippen LogP contribution in [0.5, 0.6) is 0 Å². The Labute approximate surface area is 106 Å². The molecule has 0 aliphatic carbocycles. The predicted molar refractivity (Wildman–Crippen MR) is 66.4 cm³/mol. The van der Waals surface area contributed by atoms with Gasteiger partial charge in [0, 0.05) is 12.4 Å². The van der Waals surface area contributed by atoms with E-state index in [1.807, 2.05) is 6.07 Å². The summed E-state index contributed by atoms with van der Waals surface area (Å²) in [6.07, 6.45) is 3.32. The third-order valence-corrected chi connectivity index (χ3v) is 2.81. The Kier molecular flexibility index (Phi) is 5.44. The second-order valence-corrected chi connectivity index (χ2v) is 4.73. The quantitative estimate of drug-likeness (QED) is 0.805. The molecule has 5 nitrogen and oxygen atoms in total. The zero-order valence-corrected chi connectivity index (χ0v) is 10.3. The fraction of sp³-hybridized carbons (Fsp3) is 0.0833. The monoisotopic (exact) mass is 267 g/mol. The minimum Gasteiger partial charge on any atom is -0.392 e. The molecule has 0 radical (unpaired) electrons. The third-order valence-electron chi connectivity index (χ3n) is 1.95. The molecular formula is C12H13NO4S. The zero-order valence-electron chi connectivity index (χ0n) is 9.47. The van der Waals surface area contributed by atoms with Crippen LogP contribution in [-0.4, -0.2) is 23.1 Å². The smallest absolute Gasteiger partial charge is 0.294 e. The average molecular weight is 267 g/mol. The van der Waals surface area contributed by atoms with Crippen molar-refractivity contribution in [3.63, 3.8) is 0 Å². The minimum atomic E-state index is -4.00. The molecule has 2 rings (SSSR count). The molecule has 0 spiro atoms. The van der Waals surface area contributed by atoms with Crippen LogP contribution in [-0.2, 0) is 16.7 Å². The maximum atomic E-state index is 10.4. The average Bonchev–Trinajstić information content (AvgIpc) is 2.40. The van der Waals surface area contributed by atoms with Crippen molar-refractivity contribution in [2.24, 2.45) is 0 Å². The van der Waals surface area contributed by atoms with Gasteiger partial charge in [-0.2, -0.15) is 8.42 Å². The summed E-state index contributed by atoms with van der Waals surface area (Å²) in [5.41, 5.74) is 0.854. The first-order valence-electron chi connectivity index (χ1n) is 5.06. The molecule has 96 valence electrons. The standard InChI is InChI=1S/C6H7NO.C6H6O3S/c8-5-6-2-1-3-7-4-6;7-10(8,9)6-4-2-1-3-5-6/h1-4,8H,5H2;1-5H,(H,7,8,9). The highest BCUT2D eigenvalue weighted by molar-refractivity contribution is 7.85. The molecule has 0 aliphatic heterocycles. The van der Waals surface area contributed by atoms with Gasteiger partial charge >= 0.3 is 0 Å². The van der Waals surface area contributed by atoms with Crippen molar-refractivity contribution >= 4 is 10.1 Å². The van der Waals surface area contributed by atoms with E-state index in [0.717, 1.165) is 5.56 Å². The number of hydrogen-bond donors (Lipinski definition) is 2. The normalized spacial score (nSPS) is 10.3. The molecule has 0 amide bonds. The van der Waals surface area contributed by atoms with E-state index in [2.05, 4.69) is 4.98 Å². The van der Waals surface area contributed by atoms with Crippen LogP contribution in [0.25, 0.3) is 0 Å². The Morgan fingerprint density at radius 1 is 1.06 bits per heavy atom. The van der Waals surface area contributed by atoms with Crippen LogP contribution in [0.3, 0.4) is 0 Å². The summed E-state index contributed by atoms with van der Waals surface area (Å²) in [5, 5.41) is 8.50. The molecule has 1 aromatic carbocycles. The van der Waals surface area contributed by atoms with Gasteiger partial charge in [-0.3, -0.25) is 9.54 Å². The van der Waals surface area contributed by atoms with Gasteiger partial charge in [0.2, 0.25) is 0 Å². The van der Waals surface area contributed by atoms with Crippen molar-refractivity contribution < 1.29 is 18.1 Å². The van der Waals surface area contributed by atoms with Gasteiger partial charge in [0.05, 0.1) is 11.5 Å². The largest absolute Gasteiger partial charge is 0.392 e. The molecule has 6 heteroatoms. The zero-order chi connectivity index (χ0) is 13.4. The summed E-state index contributed by atoms with van der Waals surface area (Å²) in [6.45, 7) is 0.0772. The highest BCUT2D eigenvalue weighted by Crippen LogP contribution is 2.05. The van der Waals surface area contributed by atoms with Crippen LogP contribution < -0.4 is 0 Å². The van der Waals surface area contributed by atoms with Gasteiger partial charge in [-0.1, -0.05) is 24.3 Å². The van der Waals surface area contributed by atoms with E-state index in [4.69, 9.17) is 9.66 Å². The highest BCUT2D eigenvalue weighted by Gasteiger charge is 2.05.